The number of carboxylic acid groups (broad SMARTS) is 1. The Labute approximate surface area is 205 Å². The van der Waals surface area contributed by atoms with Gasteiger partial charge >= 0.3 is 5.97 Å². The number of carbonyl (C=O) groups excluding carboxylic acids is 1. The molecule has 7 nitrogen and oxygen atoms in total. The van der Waals surface area contributed by atoms with Crippen molar-refractivity contribution in [2.45, 2.75) is 31.7 Å². The maximum atomic E-state index is 13.5. The molecule has 0 spiro atoms. The molecule has 35 heavy (non-hydrogen) atoms. The number of aromatic nitrogens is 3. The van der Waals surface area contributed by atoms with E-state index in [1.807, 2.05) is 41.0 Å². The number of nitrogens with zero attached hydrogens (tertiary/aromatic N) is 3. The van der Waals surface area contributed by atoms with Crippen LogP contribution < -0.4 is 5.32 Å². The number of nitrogens with one attached hydrogen (secondary N) is 1. The molecule has 1 saturated carbocycles. The summed E-state index contributed by atoms with van der Waals surface area (Å²) in [5.74, 6) is -0.983. The smallest absolute Gasteiger partial charge is 0.326 e. The van der Waals surface area contributed by atoms with Crippen molar-refractivity contribution in [1.29, 1.82) is 0 Å². The second-order valence-electron chi connectivity index (χ2n) is 8.72. The van der Waals surface area contributed by atoms with E-state index in [1.54, 1.807) is 6.20 Å². The summed E-state index contributed by atoms with van der Waals surface area (Å²) in [4.78, 5) is 33.7. The monoisotopic (exact) mass is 492 g/mol. The number of hydrogen-bond donors (Lipinski definition) is 2. The average Bonchev–Trinajstić information content (AvgIpc) is 3.58. The average molecular weight is 493 g/mol. The van der Waals surface area contributed by atoms with Gasteiger partial charge in [0.2, 0.25) is 0 Å². The highest BCUT2D eigenvalue weighted by Crippen LogP contribution is 2.34. The highest BCUT2D eigenvalue weighted by Gasteiger charge is 2.26. The van der Waals surface area contributed by atoms with Gasteiger partial charge in [0.25, 0.3) is 5.91 Å². The predicted octanol–water partition coefficient (Wildman–Crippen LogP) is 4.59. The Bertz CT molecular complexity index is 1420. The van der Waals surface area contributed by atoms with E-state index in [1.165, 1.54) is 18.9 Å². The Balaban J connectivity index is 1.37. The summed E-state index contributed by atoms with van der Waals surface area (Å²) in [6.45, 7) is 0. The van der Waals surface area contributed by atoms with Crippen molar-refractivity contribution < 1.29 is 19.1 Å². The summed E-state index contributed by atoms with van der Waals surface area (Å²) in [5, 5.41) is 12.1. The largest absolute Gasteiger partial charge is 0.480 e. The Morgan fingerprint density at radius 3 is 2.66 bits per heavy atom. The van der Waals surface area contributed by atoms with Crippen LogP contribution in [-0.2, 0) is 17.6 Å². The molecule has 1 aliphatic carbocycles. The van der Waals surface area contributed by atoms with E-state index < -0.39 is 23.7 Å². The van der Waals surface area contributed by atoms with Gasteiger partial charge < -0.3 is 10.4 Å². The molecule has 2 N–H and O–H groups in total. The first-order valence-corrected chi connectivity index (χ1v) is 11.7. The van der Waals surface area contributed by atoms with Gasteiger partial charge in [0.1, 0.15) is 23.2 Å². The number of benzene rings is 2. The first kappa shape index (κ1) is 23.0. The lowest BCUT2D eigenvalue weighted by molar-refractivity contribution is -0.139. The van der Waals surface area contributed by atoms with Crippen LogP contribution in [0.5, 0.6) is 0 Å². The lowest BCUT2D eigenvalue weighted by atomic mass is 10.0. The third-order valence-electron chi connectivity index (χ3n) is 6.06. The first-order valence-electron chi connectivity index (χ1n) is 11.3. The minimum Gasteiger partial charge on any atom is -0.480 e. The number of fused-ring (bicyclic) bond motifs is 1. The maximum absolute atomic E-state index is 13.5. The first-order chi connectivity index (χ1) is 16.9. The highest BCUT2D eigenvalue weighted by atomic mass is 35.5. The predicted molar refractivity (Wildman–Crippen MR) is 129 cm³/mol. The molecule has 1 fully saturated rings. The lowest BCUT2D eigenvalue weighted by Crippen LogP contribution is -2.42. The molecule has 0 bridgehead atoms. The van der Waals surface area contributed by atoms with Crippen LogP contribution in [0.3, 0.4) is 0 Å². The fourth-order valence-corrected chi connectivity index (χ4v) is 4.28. The molecule has 2 heterocycles. The molecule has 178 valence electrons. The fourth-order valence-electron chi connectivity index (χ4n) is 4.07. The van der Waals surface area contributed by atoms with Crippen LogP contribution in [0.15, 0.2) is 60.8 Å². The Morgan fingerprint density at radius 1 is 1.17 bits per heavy atom. The highest BCUT2D eigenvalue weighted by molar-refractivity contribution is 6.33. The quantitative estimate of drug-likeness (QED) is 0.375. The molecule has 2 aromatic carbocycles. The van der Waals surface area contributed by atoms with Crippen LogP contribution in [0, 0.1) is 11.7 Å². The summed E-state index contributed by atoms with van der Waals surface area (Å²) < 4.78 is 15.6. The second kappa shape index (κ2) is 9.46. The zero-order chi connectivity index (χ0) is 24.5. The SMILES string of the molecule is O=C(N[C@@H](Cc1ccc(-n2c(CC3CC3)nc3cccnc32)cc1)C(=O)O)c1cc(F)ccc1Cl. The van der Waals surface area contributed by atoms with E-state index in [2.05, 4.69) is 10.3 Å². The molecule has 4 aromatic rings. The molecular formula is C26H22ClFN4O3. The second-order valence-corrected chi connectivity index (χ2v) is 9.12. The van der Waals surface area contributed by atoms with E-state index in [-0.39, 0.29) is 17.0 Å². The van der Waals surface area contributed by atoms with Gasteiger partial charge in [-0.25, -0.2) is 19.2 Å². The van der Waals surface area contributed by atoms with E-state index in [4.69, 9.17) is 16.6 Å². The van der Waals surface area contributed by atoms with Crippen molar-refractivity contribution in [2.75, 3.05) is 0 Å². The van der Waals surface area contributed by atoms with Gasteiger partial charge in [0, 0.05) is 24.7 Å². The van der Waals surface area contributed by atoms with Crippen molar-refractivity contribution in [3.05, 3.63) is 88.6 Å². The van der Waals surface area contributed by atoms with Crippen molar-refractivity contribution in [1.82, 2.24) is 19.9 Å². The van der Waals surface area contributed by atoms with Crippen molar-refractivity contribution >= 4 is 34.6 Å². The number of pyridine rings is 1. The standard InChI is InChI=1S/C26H22ClFN4O3/c27-20-10-7-17(28)14-19(20)25(33)31-22(26(34)35)12-15-5-8-18(9-6-15)32-23(13-16-3-4-16)30-21-2-1-11-29-24(21)32/h1-2,5-11,14,16,22H,3-4,12-13H2,(H,31,33)(H,34,35)/t22-/m0/s1. The van der Waals surface area contributed by atoms with E-state index in [0.717, 1.165) is 41.2 Å². The molecule has 9 heteroatoms. The third-order valence-corrected chi connectivity index (χ3v) is 6.39. The van der Waals surface area contributed by atoms with Crippen LogP contribution in [0.25, 0.3) is 16.9 Å². The van der Waals surface area contributed by atoms with Gasteiger partial charge in [0.15, 0.2) is 5.65 Å². The number of imidazole rings is 1. The van der Waals surface area contributed by atoms with Crippen LogP contribution in [-0.4, -0.2) is 37.6 Å². The number of rotatable bonds is 8. The molecule has 1 aliphatic rings. The number of carboxylic acids is 1. The van der Waals surface area contributed by atoms with Gasteiger partial charge in [0.05, 0.1) is 10.6 Å². The summed E-state index contributed by atoms with van der Waals surface area (Å²) in [7, 11) is 0. The lowest BCUT2D eigenvalue weighted by Gasteiger charge is -2.16. The Hall–Kier alpha value is -3.78. The molecule has 1 atom stereocenters. The molecule has 0 aliphatic heterocycles. The van der Waals surface area contributed by atoms with Crippen molar-refractivity contribution in [2.24, 2.45) is 5.92 Å². The maximum Gasteiger partial charge on any atom is 0.326 e. The summed E-state index contributed by atoms with van der Waals surface area (Å²) >= 11 is 5.98. The van der Waals surface area contributed by atoms with Gasteiger partial charge in [-0.1, -0.05) is 23.7 Å². The molecule has 5 rings (SSSR count). The van der Waals surface area contributed by atoms with Gasteiger partial charge in [-0.05, 0) is 66.8 Å². The van der Waals surface area contributed by atoms with E-state index >= 15 is 0 Å². The fraction of sp³-hybridized carbons (Fsp3) is 0.231. The normalized spacial score (nSPS) is 14.1. The molecule has 0 radical (unpaired) electrons. The molecule has 2 aromatic heterocycles. The van der Waals surface area contributed by atoms with E-state index in [0.29, 0.717) is 11.5 Å². The van der Waals surface area contributed by atoms with Crippen LogP contribution in [0.4, 0.5) is 4.39 Å². The zero-order valence-corrected chi connectivity index (χ0v) is 19.4. The van der Waals surface area contributed by atoms with Gasteiger partial charge in [-0.2, -0.15) is 0 Å². The molecule has 1 amide bonds. The summed E-state index contributed by atoms with van der Waals surface area (Å²) in [5.41, 5.74) is 3.09. The molecule has 0 unspecified atom stereocenters. The minimum absolute atomic E-state index is 0.0422. The number of halogens is 2. The van der Waals surface area contributed by atoms with E-state index in [9.17, 15) is 19.1 Å². The number of amides is 1. The zero-order valence-electron chi connectivity index (χ0n) is 18.6. The van der Waals surface area contributed by atoms with Crippen LogP contribution in [0.2, 0.25) is 5.02 Å². The van der Waals surface area contributed by atoms with Crippen molar-refractivity contribution in [3.8, 4) is 5.69 Å². The summed E-state index contributed by atoms with van der Waals surface area (Å²) in [6.07, 6.45) is 5.08. The molecular weight excluding hydrogens is 471 g/mol. The number of carbonyl (C=O) groups is 2. The summed E-state index contributed by atoms with van der Waals surface area (Å²) in [6, 6.07) is 13.4. The number of aliphatic carboxylic acids is 1. The topological polar surface area (TPSA) is 97.1 Å². The van der Waals surface area contributed by atoms with Crippen LogP contribution >= 0.6 is 11.6 Å². The Morgan fingerprint density at radius 2 is 1.94 bits per heavy atom. The van der Waals surface area contributed by atoms with Crippen LogP contribution in [0.1, 0.15) is 34.6 Å². The molecule has 0 saturated heterocycles. The minimum atomic E-state index is -1.21. The Kier molecular flexibility index (Phi) is 6.21. The third kappa shape index (κ3) is 5.02. The van der Waals surface area contributed by atoms with Gasteiger partial charge in [-0.3, -0.25) is 9.36 Å². The van der Waals surface area contributed by atoms with Crippen molar-refractivity contribution in [3.63, 3.8) is 0 Å². The van der Waals surface area contributed by atoms with Gasteiger partial charge in [-0.15, -0.1) is 0 Å². The number of hydrogen-bond acceptors (Lipinski definition) is 4.